The van der Waals surface area contributed by atoms with Gasteiger partial charge in [0.25, 0.3) is 11.8 Å². The number of allylic oxidation sites excluding steroid dienone is 1. The van der Waals surface area contributed by atoms with E-state index in [1.807, 2.05) is 42.5 Å². The van der Waals surface area contributed by atoms with Crippen molar-refractivity contribution in [1.82, 2.24) is 9.78 Å². The molecule has 0 saturated carbocycles. The molecule has 0 saturated heterocycles. The van der Waals surface area contributed by atoms with Crippen LogP contribution in [0, 0.1) is 0 Å². The average Bonchev–Trinajstić information content (AvgIpc) is 3.33. The average molecular weight is 514 g/mol. The highest BCUT2D eigenvalue weighted by Crippen LogP contribution is 2.38. The van der Waals surface area contributed by atoms with E-state index in [1.54, 1.807) is 55.1 Å². The van der Waals surface area contributed by atoms with Gasteiger partial charge in [-0.1, -0.05) is 41.9 Å². The van der Waals surface area contributed by atoms with Crippen LogP contribution in [0.5, 0.6) is 5.75 Å². The molecule has 0 unspecified atom stereocenters. The third-order valence-electron chi connectivity index (χ3n) is 6.08. The van der Waals surface area contributed by atoms with Gasteiger partial charge in [-0.2, -0.15) is 5.10 Å². The number of nitrogens with zero attached hydrogens (tertiary/aromatic N) is 2. The van der Waals surface area contributed by atoms with Gasteiger partial charge in [-0.3, -0.25) is 9.59 Å². The van der Waals surface area contributed by atoms with Crippen molar-refractivity contribution >= 4 is 40.6 Å². The van der Waals surface area contributed by atoms with E-state index in [0.717, 1.165) is 5.56 Å². The van der Waals surface area contributed by atoms with Crippen molar-refractivity contribution in [2.75, 3.05) is 23.1 Å². The molecule has 8 nitrogen and oxygen atoms in total. The first-order valence-corrected chi connectivity index (χ1v) is 11.9. The molecule has 37 heavy (non-hydrogen) atoms. The van der Waals surface area contributed by atoms with Crippen LogP contribution in [0.4, 0.5) is 17.2 Å². The lowest BCUT2D eigenvalue weighted by Gasteiger charge is -2.30. The number of halogens is 1. The highest BCUT2D eigenvalue weighted by atomic mass is 35.5. The third kappa shape index (κ3) is 4.92. The van der Waals surface area contributed by atoms with Crippen LogP contribution in [-0.2, 0) is 4.79 Å². The van der Waals surface area contributed by atoms with Gasteiger partial charge >= 0.3 is 0 Å². The van der Waals surface area contributed by atoms with Gasteiger partial charge in [-0.15, -0.1) is 0 Å². The lowest BCUT2D eigenvalue weighted by atomic mass is 9.94. The fourth-order valence-corrected chi connectivity index (χ4v) is 4.39. The number of amides is 2. The zero-order valence-electron chi connectivity index (χ0n) is 20.2. The molecule has 4 aromatic rings. The minimum absolute atomic E-state index is 0.299. The van der Waals surface area contributed by atoms with E-state index in [1.165, 1.54) is 6.20 Å². The first kappa shape index (κ1) is 24.1. The number of fused-ring (bicyclic) bond motifs is 1. The molecule has 1 atom stereocenters. The van der Waals surface area contributed by atoms with Crippen LogP contribution >= 0.6 is 11.6 Å². The van der Waals surface area contributed by atoms with Crippen molar-refractivity contribution in [3.8, 4) is 5.75 Å². The predicted molar refractivity (Wildman–Crippen MR) is 144 cm³/mol. The second kappa shape index (κ2) is 10.2. The summed E-state index contributed by atoms with van der Waals surface area (Å²) in [5.74, 6) is 0.571. The number of hydrogen-bond acceptors (Lipinski definition) is 5. The molecular weight excluding hydrogens is 490 g/mol. The van der Waals surface area contributed by atoms with Gasteiger partial charge in [0.1, 0.15) is 23.2 Å². The molecule has 0 bridgehead atoms. The normalized spacial score (nSPS) is 14.4. The molecular formula is C28H24ClN5O3. The van der Waals surface area contributed by atoms with Crippen molar-refractivity contribution in [3.63, 3.8) is 0 Å². The standard InChI is InChI=1S/C28H24ClN5O3/c1-17-24(28(36)33-21-12-14-22(37-2)15-13-21)25(18-8-10-19(29)11-9-18)34-26(31-17)23(16-30-34)27(35)32-20-6-4-3-5-7-20/h3-16,25,31H,1-2H3,(H,32,35)(H,33,36)/t25-/m1/s1. The molecule has 186 valence electrons. The summed E-state index contributed by atoms with van der Waals surface area (Å²) < 4.78 is 6.85. The first-order valence-electron chi connectivity index (χ1n) is 11.6. The van der Waals surface area contributed by atoms with E-state index in [0.29, 0.717) is 44.8 Å². The lowest BCUT2D eigenvalue weighted by Crippen LogP contribution is -2.32. The molecule has 3 N–H and O–H groups in total. The third-order valence-corrected chi connectivity index (χ3v) is 6.33. The maximum absolute atomic E-state index is 13.6. The summed E-state index contributed by atoms with van der Waals surface area (Å²) in [4.78, 5) is 26.7. The van der Waals surface area contributed by atoms with Crippen molar-refractivity contribution in [3.05, 3.63) is 112 Å². The molecule has 0 fully saturated rings. The second-order valence-corrected chi connectivity index (χ2v) is 8.91. The molecule has 0 radical (unpaired) electrons. The fourth-order valence-electron chi connectivity index (χ4n) is 4.26. The Morgan fingerprint density at radius 3 is 2.24 bits per heavy atom. The maximum Gasteiger partial charge on any atom is 0.261 e. The number of para-hydroxylation sites is 1. The molecule has 1 aliphatic heterocycles. The zero-order chi connectivity index (χ0) is 25.9. The summed E-state index contributed by atoms with van der Waals surface area (Å²) in [6, 6.07) is 22.9. The Balaban J connectivity index is 1.52. The molecule has 5 rings (SSSR count). The Morgan fingerprint density at radius 2 is 1.57 bits per heavy atom. The topological polar surface area (TPSA) is 97.3 Å². The molecule has 0 spiro atoms. The van der Waals surface area contributed by atoms with Crippen molar-refractivity contribution in [2.24, 2.45) is 0 Å². The predicted octanol–water partition coefficient (Wildman–Crippen LogP) is 5.73. The highest BCUT2D eigenvalue weighted by molar-refractivity contribution is 6.30. The van der Waals surface area contributed by atoms with E-state index in [-0.39, 0.29) is 11.8 Å². The van der Waals surface area contributed by atoms with Gasteiger partial charge in [0, 0.05) is 22.1 Å². The van der Waals surface area contributed by atoms with E-state index >= 15 is 0 Å². The van der Waals surface area contributed by atoms with E-state index in [4.69, 9.17) is 16.3 Å². The number of hydrogen-bond donors (Lipinski definition) is 3. The quantitative estimate of drug-likeness (QED) is 0.306. The smallest absolute Gasteiger partial charge is 0.261 e. The van der Waals surface area contributed by atoms with Crippen molar-refractivity contribution < 1.29 is 14.3 Å². The van der Waals surface area contributed by atoms with Crippen LogP contribution in [0.2, 0.25) is 5.02 Å². The minimum Gasteiger partial charge on any atom is -0.497 e. The maximum atomic E-state index is 13.6. The van der Waals surface area contributed by atoms with Crippen LogP contribution in [0.1, 0.15) is 28.9 Å². The summed E-state index contributed by atoms with van der Waals surface area (Å²) in [7, 11) is 1.59. The summed E-state index contributed by atoms with van der Waals surface area (Å²) >= 11 is 6.14. The molecule has 1 aromatic heterocycles. The minimum atomic E-state index is -0.593. The summed E-state index contributed by atoms with van der Waals surface area (Å²) in [6.45, 7) is 1.81. The molecule has 0 aliphatic carbocycles. The Kier molecular flexibility index (Phi) is 6.66. The summed E-state index contributed by atoms with van der Waals surface area (Å²) in [5, 5.41) is 14.2. The first-order chi connectivity index (χ1) is 17.9. The highest BCUT2D eigenvalue weighted by Gasteiger charge is 2.35. The Bertz CT molecular complexity index is 1480. The number of methoxy groups -OCH3 is 1. The summed E-state index contributed by atoms with van der Waals surface area (Å²) in [5.41, 5.74) is 3.51. The number of ether oxygens (including phenoxy) is 1. The number of aromatic nitrogens is 2. The van der Waals surface area contributed by atoms with Gasteiger partial charge in [0.05, 0.1) is 18.9 Å². The number of anilines is 3. The molecule has 3 aromatic carbocycles. The number of rotatable bonds is 6. The summed E-state index contributed by atoms with van der Waals surface area (Å²) in [6.07, 6.45) is 1.50. The van der Waals surface area contributed by atoms with Crippen molar-refractivity contribution in [2.45, 2.75) is 13.0 Å². The van der Waals surface area contributed by atoms with Crippen LogP contribution in [0.3, 0.4) is 0 Å². The monoisotopic (exact) mass is 513 g/mol. The van der Waals surface area contributed by atoms with Gasteiger partial charge in [-0.05, 0) is 61.0 Å². The number of carbonyl (C=O) groups excluding carboxylic acids is 2. The Morgan fingerprint density at radius 1 is 0.919 bits per heavy atom. The van der Waals surface area contributed by atoms with E-state index < -0.39 is 6.04 Å². The molecule has 1 aliphatic rings. The van der Waals surface area contributed by atoms with Crippen LogP contribution in [-0.4, -0.2) is 28.7 Å². The Labute approximate surface area is 218 Å². The SMILES string of the molecule is COc1ccc(NC(=O)C2=C(C)Nc3c(C(=O)Nc4ccccc4)cnn3[C@@H]2c2ccc(Cl)cc2)cc1. The number of benzene rings is 3. The van der Waals surface area contributed by atoms with E-state index in [2.05, 4.69) is 21.0 Å². The second-order valence-electron chi connectivity index (χ2n) is 8.47. The van der Waals surface area contributed by atoms with Gasteiger partial charge in [0.15, 0.2) is 0 Å². The molecule has 9 heteroatoms. The largest absolute Gasteiger partial charge is 0.497 e. The van der Waals surface area contributed by atoms with E-state index in [9.17, 15) is 9.59 Å². The fraction of sp³-hybridized carbons (Fsp3) is 0.107. The van der Waals surface area contributed by atoms with Crippen LogP contribution in [0.25, 0.3) is 0 Å². The number of carbonyl (C=O) groups is 2. The zero-order valence-corrected chi connectivity index (χ0v) is 20.9. The lowest BCUT2D eigenvalue weighted by molar-refractivity contribution is -0.113. The van der Waals surface area contributed by atoms with Crippen LogP contribution < -0.4 is 20.7 Å². The van der Waals surface area contributed by atoms with Gasteiger partial charge in [-0.25, -0.2) is 4.68 Å². The van der Waals surface area contributed by atoms with Gasteiger partial charge in [0.2, 0.25) is 0 Å². The van der Waals surface area contributed by atoms with Crippen LogP contribution in [0.15, 0.2) is 96.3 Å². The Hall–Kier alpha value is -4.56. The van der Waals surface area contributed by atoms with Crippen molar-refractivity contribution in [1.29, 1.82) is 0 Å². The molecule has 2 heterocycles. The number of nitrogens with one attached hydrogen (secondary N) is 3. The molecule has 2 amide bonds. The van der Waals surface area contributed by atoms with Gasteiger partial charge < -0.3 is 20.7 Å².